The third-order valence-electron chi connectivity index (χ3n) is 2.75. The second-order valence-corrected chi connectivity index (χ2v) is 6.30. The van der Waals surface area contributed by atoms with Crippen molar-refractivity contribution in [1.29, 1.82) is 0 Å². The van der Waals surface area contributed by atoms with Gasteiger partial charge < -0.3 is 5.32 Å². The van der Waals surface area contributed by atoms with Crippen LogP contribution in [0.15, 0.2) is 29.2 Å². The van der Waals surface area contributed by atoms with Gasteiger partial charge in [-0.2, -0.15) is 0 Å². The Morgan fingerprint density at radius 1 is 1.37 bits per heavy atom. The zero-order valence-corrected chi connectivity index (χ0v) is 11.9. The second kappa shape index (κ2) is 6.12. The smallest absolute Gasteiger partial charge is 0.242 e. The molecule has 0 saturated heterocycles. The van der Waals surface area contributed by atoms with Crippen LogP contribution in [-0.2, 0) is 14.8 Å². The third kappa shape index (κ3) is 3.74. The summed E-state index contributed by atoms with van der Waals surface area (Å²) in [4.78, 5) is 11.4. The SMILES string of the molecule is CNC(=O)C(C)CN(C)S(=O)(=O)c1ccc(F)cc1. The first kappa shape index (κ1) is 15.6. The van der Waals surface area contributed by atoms with Crippen LogP contribution in [0.2, 0.25) is 0 Å². The van der Waals surface area contributed by atoms with Crippen LogP contribution in [0.5, 0.6) is 0 Å². The maximum Gasteiger partial charge on any atom is 0.242 e. The zero-order chi connectivity index (χ0) is 14.6. The topological polar surface area (TPSA) is 66.5 Å². The van der Waals surface area contributed by atoms with E-state index in [0.29, 0.717) is 0 Å². The number of carbonyl (C=O) groups is 1. The van der Waals surface area contributed by atoms with E-state index < -0.39 is 21.8 Å². The molecule has 19 heavy (non-hydrogen) atoms. The van der Waals surface area contributed by atoms with Gasteiger partial charge >= 0.3 is 0 Å². The van der Waals surface area contributed by atoms with Gasteiger partial charge in [-0.3, -0.25) is 4.79 Å². The Labute approximate surface area is 112 Å². The molecule has 0 aromatic heterocycles. The molecule has 1 atom stereocenters. The molecule has 5 nitrogen and oxygen atoms in total. The second-order valence-electron chi connectivity index (χ2n) is 4.25. The predicted octanol–water partition coefficient (Wildman–Crippen LogP) is 0.828. The molecule has 1 aromatic carbocycles. The Kier molecular flexibility index (Phi) is 5.02. The van der Waals surface area contributed by atoms with E-state index in [-0.39, 0.29) is 17.3 Å². The van der Waals surface area contributed by atoms with Crippen molar-refractivity contribution < 1.29 is 17.6 Å². The Morgan fingerprint density at radius 2 is 1.89 bits per heavy atom. The number of sulfonamides is 1. The first-order valence-corrected chi connectivity index (χ1v) is 7.16. The quantitative estimate of drug-likeness (QED) is 0.872. The van der Waals surface area contributed by atoms with Crippen LogP contribution in [0.4, 0.5) is 4.39 Å². The minimum absolute atomic E-state index is 0.000469. The molecule has 0 aliphatic carbocycles. The molecule has 0 aliphatic rings. The summed E-state index contributed by atoms with van der Waals surface area (Å²) in [6.45, 7) is 1.69. The van der Waals surface area contributed by atoms with Gasteiger partial charge in [-0.1, -0.05) is 6.92 Å². The van der Waals surface area contributed by atoms with Gasteiger partial charge in [0.2, 0.25) is 15.9 Å². The number of carbonyl (C=O) groups excluding carboxylic acids is 1. The first-order chi connectivity index (χ1) is 8.78. The Balaban J connectivity index is 2.88. The number of nitrogens with one attached hydrogen (secondary N) is 1. The average Bonchev–Trinajstić information content (AvgIpc) is 2.38. The fourth-order valence-corrected chi connectivity index (χ4v) is 2.86. The van der Waals surface area contributed by atoms with Gasteiger partial charge in [-0.05, 0) is 24.3 Å². The molecular formula is C12H17FN2O3S. The number of nitrogens with zero attached hydrogens (tertiary/aromatic N) is 1. The van der Waals surface area contributed by atoms with Crippen LogP contribution in [0.25, 0.3) is 0 Å². The summed E-state index contributed by atoms with van der Waals surface area (Å²) in [7, 11) is -0.825. The van der Waals surface area contributed by atoms with Crippen molar-refractivity contribution in [3.8, 4) is 0 Å². The van der Waals surface area contributed by atoms with Crippen molar-refractivity contribution in [3.63, 3.8) is 0 Å². The molecule has 0 aliphatic heterocycles. The summed E-state index contributed by atoms with van der Waals surface area (Å²) in [5, 5.41) is 2.46. The van der Waals surface area contributed by atoms with Crippen LogP contribution in [0, 0.1) is 11.7 Å². The minimum atomic E-state index is -3.71. The molecule has 7 heteroatoms. The molecule has 1 amide bonds. The Morgan fingerprint density at radius 3 is 2.37 bits per heavy atom. The van der Waals surface area contributed by atoms with Crippen LogP contribution in [-0.4, -0.2) is 39.3 Å². The molecule has 0 heterocycles. The molecule has 1 rings (SSSR count). The van der Waals surface area contributed by atoms with Gasteiger partial charge in [-0.25, -0.2) is 17.1 Å². The molecule has 0 fully saturated rings. The highest BCUT2D eigenvalue weighted by molar-refractivity contribution is 7.89. The van der Waals surface area contributed by atoms with Crippen molar-refractivity contribution in [2.24, 2.45) is 5.92 Å². The Hall–Kier alpha value is -1.47. The lowest BCUT2D eigenvalue weighted by molar-refractivity contribution is -0.124. The molecule has 0 saturated carbocycles. The number of hydrogen-bond acceptors (Lipinski definition) is 3. The number of amides is 1. The van der Waals surface area contributed by atoms with Crippen LogP contribution in [0.1, 0.15) is 6.92 Å². The van der Waals surface area contributed by atoms with Crippen molar-refractivity contribution >= 4 is 15.9 Å². The van der Waals surface area contributed by atoms with Gasteiger partial charge in [-0.15, -0.1) is 0 Å². The summed E-state index contributed by atoms with van der Waals surface area (Å²) in [5.74, 6) is -1.20. The normalized spacial score (nSPS) is 13.3. The van der Waals surface area contributed by atoms with E-state index in [1.807, 2.05) is 0 Å². The van der Waals surface area contributed by atoms with Gasteiger partial charge in [0.05, 0.1) is 4.90 Å². The van der Waals surface area contributed by atoms with Gasteiger partial charge in [0.1, 0.15) is 5.82 Å². The number of rotatable bonds is 5. The monoisotopic (exact) mass is 288 g/mol. The van der Waals surface area contributed by atoms with E-state index in [9.17, 15) is 17.6 Å². The summed E-state index contributed by atoms with van der Waals surface area (Å²) >= 11 is 0. The molecule has 1 aromatic rings. The van der Waals surface area contributed by atoms with Gasteiger partial charge in [0.25, 0.3) is 0 Å². The first-order valence-electron chi connectivity index (χ1n) is 5.72. The summed E-state index contributed by atoms with van der Waals surface area (Å²) in [5.41, 5.74) is 0. The minimum Gasteiger partial charge on any atom is -0.359 e. The van der Waals surface area contributed by atoms with E-state index in [0.717, 1.165) is 16.4 Å². The van der Waals surface area contributed by atoms with E-state index in [2.05, 4.69) is 5.32 Å². The highest BCUT2D eigenvalue weighted by Crippen LogP contribution is 2.16. The lowest BCUT2D eigenvalue weighted by Gasteiger charge is -2.20. The van der Waals surface area contributed by atoms with Gasteiger partial charge in [0.15, 0.2) is 0 Å². The van der Waals surface area contributed by atoms with Crippen LogP contribution >= 0.6 is 0 Å². The zero-order valence-electron chi connectivity index (χ0n) is 11.1. The maximum absolute atomic E-state index is 12.8. The molecular weight excluding hydrogens is 271 g/mol. The molecule has 0 spiro atoms. The van der Waals surface area contributed by atoms with Crippen LogP contribution < -0.4 is 5.32 Å². The van der Waals surface area contributed by atoms with Crippen molar-refractivity contribution in [2.45, 2.75) is 11.8 Å². The maximum atomic E-state index is 12.8. The highest BCUT2D eigenvalue weighted by atomic mass is 32.2. The van der Waals surface area contributed by atoms with Gasteiger partial charge in [0, 0.05) is 26.6 Å². The van der Waals surface area contributed by atoms with E-state index in [1.54, 1.807) is 6.92 Å². The Bertz CT molecular complexity index is 543. The number of benzene rings is 1. The molecule has 0 radical (unpaired) electrons. The third-order valence-corrected chi connectivity index (χ3v) is 4.58. The lowest BCUT2D eigenvalue weighted by Crippen LogP contribution is -2.37. The molecule has 1 unspecified atom stereocenters. The molecule has 106 valence electrons. The molecule has 0 bridgehead atoms. The van der Waals surface area contributed by atoms with E-state index in [4.69, 9.17) is 0 Å². The largest absolute Gasteiger partial charge is 0.359 e. The van der Waals surface area contributed by atoms with E-state index >= 15 is 0 Å². The van der Waals surface area contributed by atoms with Crippen molar-refractivity contribution in [2.75, 3.05) is 20.6 Å². The van der Waals surface area contributed by atoms with Crippen molar-refractivity contribution in [3.05, 3.63) is 30.1 Å². The summed E-state index contributed by atoms with van der Waals surface area (Å²) in [6, 6.07) is 4.57. The predicted molar refractivity (Wildman–Crippen MR) is 69.4 cm³/mol. The van der Waals surface area contributed by atoms with Crippen LogP contribution in [0.3, 0.4) is 0 Å². The highest BCUT2D eigenvalue weighted by Gasteiger charge is 2.24. The fraction of sp³-hybridized carbons (Fsp3) is 0.417. The number of halogens is 1. The summed E-state index contributed by atoms with van der Waals surface area (Å²) < 4.78 is 38.2. The standard InChI is InChI=1S/C12H17FN2O3S/c1-9(12(16)14-2)8-15(3)19(17,18)11-6-4-10(13)5-7-11/h4-7,9H,8H2,1-3H3,(H,14,16). The fourth-order valence-electron chi connectivity index (χ4n) is 1.60. The van der Waals surface area contributed by atoms with E-state index in [1.165, 1.54) is 26.2 Å². The summed E-state index contributed by atoms with van der Waals surface area (Å²) in [6.07, 6.45) is 0. The average molecular weight is 288 g/mol. The van der Waals surface area contributed by atoms with Crippen molar-refractivity contribution in [1.82, 2.24) is 9.62 Å². The lowest BCUT2D eigenvalue weighted by atomic mass is 10.2. The molecule has 1 N–H and O–H groups in total. The number of hydrogen-bond donors (Lipinski definition) is 1.